The molecule has 8 heavy (non-hydrogen) atoms. The van der Waals surface area contributed by atoms with Gasteiger partial charge in [0, 0.05) is 39.4 Å². The van der Waals surface area contributed by atoms with Crippen LogP contribution in [0.4, 0.5) is 0 Å². The van der Waals surface area contributed by atoms with Gasteiger partial charge in [-0.2, -0.15) is 9.90 Å². The summed E-state index contributed by atoms with van der Waals surface area (Å²) in [5.41, 5.74) is 0. The summed E-state index contributed by atoms with van der Waals surface area (Å²) in [6.45, 7) is 3.06. The van der Waals surface area contributed by atoms with Crippen molar-refractivity contribution < 1.29 is 44.2 Å². The molecule has 0 aliphatic carbocycles. The standard InChI is InChI=1S/C3H3O.Fe.H3N.Nb.H3P/c1-2-3-4;;;;/h2H,1H2;;1H3;;1H3/q-1;;;;. The van der Waals surface area contributed by atoms with Crippen LogP contribution < -0.4 is 6.15 Å². The summed E-state index contributed by atoms with van der Waals surface area (Å²) in [5.74, 6) is 0. The van der Waals surface area contributed by atoms with Gasteiger partial charge in [-0.25, -0.2) is 12.7 Å². The molecule has 1 radical (unpaired) electrons. The first-order chi connectivity index (χ1) is 1.91. The van der Waals surface area contributed by atoms with Crippen LogP contribution in [0.5, 0.6) is 0 Å². The molecule has 1 unspecified atom stereocenters. The number of hydrogen-bond donors (Lipinski definition) is 1. The van der Waals surface area contributed by atoms with Crippen molar-refractivity contribution in [2.75, 3.05) is 0 Å². The van der Waals surface area contributed by atoms with Gasteiger partial charge in [-0.05, 0) is 6.29 Å². The third-order valence-electron chi connectivity index (χ3n) is 0.0833. The van der Waals surface area contributed by atoms with Crippen LogP contribution in [0.1, 0.15) is 0 Å². The monoisotopic (exact) mass is 255 g/mol. The Morgan fingerprint density at radius 2 is 1.62 bits per heavy atom. The Bertz CT molecular complexity index is 40.3. The Morgan fingerprint density at radius 3 is 1.62 bits per heavy atom. The fourth-order valence-electron chi connectivity index (χ4n) is 0. The molecule has 0 saturated heterocycles. The predicted molar refractivity (Wildman–Crippen MR) is 32.0 cm³/mol. The normalized spacial score (nSPS) is 2.50. The largest absolute Gasteiger partial charge is 0.419 e. The molecular formula is C3H9FeNNbOP-. The molecule has 0 heterocycles. The minimum Gasteiger partial charge on any atom is -0.419 e. The van der Waals surface area contributed by atoms with Gasteiger partial charge in [0.05, 0.1) is 0 Å². The van der Waals surface area contributed by atoms with Gasteiger partial charge in [-0.1, -0.05) is 0 Å². The van der Waals surface area contributed by atoms with Crippen molar-refractivity contribution >= 4 is 16.2 Å². The molecule has 0 aromatic carbocycles. The average Bonchev–Trinajstić information content (AvgIpc) is 1.37. The maximum atomic E-state index is 8.93. The molecule has 0 spiro atoms. The van der Waals surface area contributed by atoms with Gasteiger partial charge < -0.3 is 10.9 Å². The van der Waals surface area contributed by atoms with E-state index in [1.807, 2.05) is 0 Å². The van der Waals surface area contributed by atoms with Gasteiger partial charge in [-0.3, -0.25) is 0 Å². The van der Waals surface area contributed by atoms with Crippen LogP contribution in [-0.4, -0.2) is 6.29 Å². The zero-order chi connectivity index (χ0) is 3.41. The van der Waals surface area contributed by atoms with Crippen LogP contribution in [0.25, 0.3) is 0 Å². The van der Waals surface area contributed by atoms with E-state index in [4.69, 9.17) is 4.79 Å². The zero-order valence-corrected chi connectivity index (χ0v) is 9.12. The molecule has 0 aromatic heterocycles. The summed E-state index contributed by atoms with van der Waals surface area (Å²) >= 11 is 0. The van der Waals surface area contributed by atoms with E-state index in [0.717, 1.165) is 6.08 Å². The van der Waals surface area contributed by atoms with E-state index in [0.29, 0.717) is 0 Å². The molecule has 0 bridgehead atoms. The van der Waals surface area contributed by atoms with Crippen LogP contribution in [0.15, 0.2) is 12.7 Å². The van der Waals surface area contributed by atoms with Crippen LogP contribution in [0, 0.1) is 0 Å². The Hall–Kier alpha value is 1.06. The third-order valence-corrected chi connectivity index (χ3v) is 0.0833. The van der Waals surface area contributed by atoms with Gasteiger partial charge in [0.2, 0.25) is 0 Å². The van der Waals surface area contributed by atoms with Crippen molar-refractivity contribution in [3.63, 3.8) is 0 Å². The number of rotatable bonds is 1. The summed E-state index contributed by atoms with van der Waals surface area (Å²) in [7, 11) is 0. The van der Waals surface area contributed by atoms with Crippen molar-refractivity contribution in [1.29, 1.82) is 0 Å². The molecule has 2 nitrogen and oxygen atoms in total. The van der Waals surface area contributed by atoms with Crippen molar-refractivity contribution in [3.05, 3.63) is 12.7 Å². The van der Waals surface area contributed by atoms with E-state index in [-0.39, 0.29) is 55.5 Å². The number of hydrogen-bond acceptors (Lipinski definition) is 2. The second kappa shape index (κ2) is 42.9. The molecule has 5 heteroatoms. The summed E-state index contributed by atoms with van der Waals surface area (Å²) in [6.07, 6.45) is 2.51. The quantitative estimate of drug-likeness (QED) is 0.321. The van der Waals surface area contributed by atoms with Crippen molar-refractivity contribution in [2.45, 2.75) is 0 Å². The van der Waals surface area contributed by atoms with E-state index < -0.39 is 0 Å². The maximum absolute atomic E-state index is 8.93. The van der Waals surface area contributed by atoms with E-state index in [1.165, 1.54) is 6.29 Å². The van der Waals surface area contributed by atoms with E-state index >= 15 is 0 Å². The fourth-order valence-corrected chi connectivity index (χ4v) is 0. The van der Waals surface area contributed by atoms with Gasteiger partial charge >= 0.3 is 0 Å². The minimum absolute atomic E-state index is 0. The molecule has 0 saturated carbocycles. The summed E-state index contributed by atoms with van der Waals surface area (Å²) in [5, 5.41) is 0. The molecule has 0 aromatic rings. The minimum atomic E-state index is 0. The van der Waals surface area contributed by atoms with Gasteiger partial charge in [0.15, 0.2) is 0 Å². The smallest absolute Gasteiger partial charge is 0 e. The second-order valence-electron chi connectivity index (χ2n) is 0.322. The Balaban J connectivity index is -0.00000000750. The maximum Gasteiger partial charge on any atom is 0 e. The summed E-state index contributed by atoms with van der Waals surface area (Å²) < 4.78 is 0. The Morgan fingerprint density at radius 1 is 1.50 bits per heavy atom. The van der Waals surface area contributed by atoms with Gasteiger partial charge in [0.25, 0.3) is 0 Å². The van der Waals surface area contributed by atoms with E-state index in [2.05, 4.69) is 6.58 Å². The molecule has 1 atom stereocenters. The SMILES string of the molecule is C=C[C-]=O.N.P.[Fe].[Nb]. The van der Waals surface area contributed by atoms with E-state index in [1.54, 1.807) is 0 Å². The molecule has 0 aliphatic rings. The molecule has 0 aliphatic heterocycles. The molecule has 0 amide bonds. The molecule has 51 valence electrons. The third kappa shape index (κ3) is 61.1. The summed E-state index contributed by atoms with van der Waals surface area (Å²) in [6, 6.07) is 0. The number of allylic oxidation sites excluding steroid dienone is 1. The average molecular weight is 255 g/mol. The fraction of sp³-hybridized carbons (Fsp3) is 0. The first-order valence-corrected chi connectivity index (χ1v) is 0.901. The number of carbonyl (C=O) groups excluding carboxylic acids is 1. The summed E-state index contributed by atoms with van der Waals surface area (Å²) in [4.78, 5) is 8.93. The van der Waals surface area contributed by atoms with Gasteiger partial charge in [-0.15, -0.1) is 0 Å². The van der Waals surface area contributed by atoms with Crippen molar-refractivity contribution in [2.24, 2.45) is 0 Å². The van der Waals surface area contributed by atoms with Crippen LogP contribution in [0.2, 0.25) is 0 Å². The Labute approximate surface area is 79.1 Å². The van der Waals surface area contributed by atoms with E-state index in [9.17, 15) is 0 Å². The Kier molecular flexibility index (Phi) is 192. The van der Waals surface area contributed by atoms with Crippen molar-refractivity contribution in [1.82, 2.24) is 6.15 Å². The van der Waals surface area contributed by atoms with Crippen LogP contribution >= 0.6 is 9.90 Å². The molecule has 0 fully saturated rings. The van der Waals surface area contributed by atoms with Crippen LogP contribution in [-0.2, 0) is 44.2 Å². The molecular weight excluding hydrogens is 246 g/mol. The second-order valence-corrected chi connectivity index (χ2v) is 0.322. The van der Waals surface area contributed by atoms with Crippen LogP contribution in [0.3, 0.4) is 0 Å². The first-order valence-electron chi connectivity index (χ1n) is 0.901. The van der Waals surface area contributed by atoms with Crippen molar-refractivity contribution in [3.8, 4) is 0 Å². The molecule has 0 rings (SSSR count). The molecule has 3 N–H and O–H groups in total. The topological polar surface area (TPSA) is 52.1 Å². The predicted octanol–water partition coefficient (Wildman–Crippen LogP) is 0.497. The first kappa shape index (κ1) is 35.7. The van der Waals surface area contributed by atoms with Gasteiger partial charge in [0.1, 0.15) is 0 Å². The zero-order valence-electron chi connectivity index (χ0n) is 4.41.